The largest absolute Gasteiger partial charge is 0.463 e. The second-order valence-electron chi connectivity index (χ2n) is 7.71. The monoisotopic (exact) mass is 448 g/mol. The normalized spacial score (nSPS) is 18.4. The first kappa shape index (κ1) is 20.8. The molecule has 2 aromatic carbocycles. The molecule has 150 valence electrons. The maximum atomic E-state index is 11.2. The Morgan fingerprint density at radius 2 is 1.36 bits per heavy atom. The lowest BCUT2D eigenvalue weighted by atomic mass is 10.1. The van der Waals surface area contributed by atoms with Crippen molar-refractivity contribution >= 4 is 21.7 Å². The Morgan fingerprint density at radius 1 is 0.857 bits per heavy atom. The first-order valence-corrected chi connectivity index (χ1v) is 9.92. The molecule has 4 rings (SSSR count). The molecule has 5 nitrogen and oxygen atoms in total. The fourth-order valence-corrected chi connectivity index (χ4v) is 3.27. The van der Waals surface area contributed by atoms with Crippen molar-refractivity contribution in [1.82, 2.24) is 0 Å². The maximum absolute atomic E-state index is 11.2. The van der Waals surface area contributed by atoms with Crippen molar-refractivity contribution in [2.45, 2.75) is 59.4 Å². The number of hydrogen-bond donors (Lipinski definition) is 0. The van der Waals surface area contributed by atoms with Crippen LogP contribution in [0, 0.1) is 0 Å². The number of rotatable bonds is 1. The Labute approximate surface area is 174 Å². The molecule has 0 bridgehead atoms. The highest BCUT2D eigenvalue weighted by molar-refractivity contribution is 9.10. The number of carbonyl (C=O) groups excluding carboxylic acids is 1. The van der Waals surface area contributed by atoms with E-state index in [4.69, 9.17) is 18.9 Å². The lowest BCUT2D eigenvalue weighted by molar-refractivity contribution is -0.180. The van der Waals surface area contributed by atoms with E-state index in [1.165, 1.54) is 0 Å². The maximum Gasteiger partial charge on any atom is 0.205 e. The van der Waals surface area contributed by atoms with Crippen LogP contribution in [0.2, 0.25) is 0 Å². The molecular formula is C22H25BrO5. The number of ether oxygens (including phenoxy) is 4. The van der Waals surface area contributed by atoms with Crippen LogP contribution in [-0.4, -0.2) is 17.4 Å². The van der Waals surface area contributed by atoms with Crippen LogP contribution in [0.3, 0.4) is 0 Å². The van der Waals surface area contributed by atoms with Gasteiger partial charge in [0.1, 0.15) is 11.5 Å². The Hall–Kier alpha value is -1.89. The Morgan fingerprint density at radius 3 is 1.89 bits per heavy atom. The minimum absolute atomic E-state index is 0.0580. The van der Waals surface area contributed by atoms with Gasteiger partial charge < -0.3 is 18.9 Å². The van der Waals surface area contributed by atoms with Gasteiger partial charge in [0.05, 0.1) is 13.2 Å². The van der Waals surface area contributed by atoms with Gasteiger partial charge in [-0.15, -0.1) is 0 Å². The standard InChI is InChI=1S/C12H14O3.C10H11BrO2/c1-8(13)9-4-5-11-10(6-9)7-14-12(2,3)15-11;1-10(2)12-6-7-5-8(11)3-4-9(7)13-10/h4-6H,7H2,1-3H3;3-5H,6H2,1-2H3. The predicted octanol–water partition coefficient (Wildman–Crippen LogP) is 5.63. The molecule has 0 saturated heterocycles. The fraction of sp³-hybridized carbons (Fsp3) is 0.409. The van der Waals surface area contributed by atoms with Gasteiger partial charge in [-0.1, -0.05) is 15.9 Å². The molecule has 0 aromatic heterocycles. The minimum Gasteiger partial charge on any atom is -0.463 e. The summed E-state index contributed by atoms with van der Waals surface area (Å²) in [6, 6.07) is 11.4. The van der Waals surface area contributed by atoms with Gasteiger partial charge in [0.15, 0.2) is 5.78 Å². The molecule has 0 atom stereocenters. The van der Waals surface area contributed by atoms with Gasteiger partial charge in [-0.2, -0.15) is 0 Å². The molecule has 0 amide bonds. The van der Waals surface area contributed by atoms with E-state index in [-0.39, 0.29) is 5.78 Å². The third-order valence-corrected chi connectivity index (χ3v) is 4.84. The molecule has 2 aromatic rings. The first-order chi connectivity index (χ1) is 13.0. The van der Waals surface area contributed by atoms with E-state index in [0.717, 1.165) is 27.1 Å². The van der Waals surface area contributed by atoms with Gasteiger partial charge in [0.2, 0.25) is 11.6 Å². The van der Waals surface area contributed by atoms with Crippen molar-refractivity contribution < 1.29 is 23.7 Å². The van der Waals surface area contributed by atoms with E-state index in [1.54, 1.807) is 13.0 Å². The highest BCUT2D eigenvalue weighted by atomic mass is 79.9. The number of fused-ring (bicyclic) bond motifs is 2. The number of benzene rings is 2. The molecule has 2 aliphatic rings. The summed E-state index contributed by atoms with van der Waals surface area (Å²) < 4.78 is 23.3. The summed E-state index contributed by atoms with van der Waals surface area (Å²) in [5, 5.41) is 0. The van der Waals surface area contributed by atoms with E-state index in [1.807, 2.05) is 58.0 Å². The first-order valence-electron chi connectivity index (χ1n) is 9.13. The summed E-state index contributed by atoms with van der Waals surface area (Å²) in [6.07, 6.45) is 0. The van der Waals surface area contributed by atoms with Crippen LogP contribution in [0.1, 0.15) is 56.1 Å². The van der Waals surface area contributed by atoms with Gasteiger partial charge in [-0.25, -0.2) is 0 Å². The van der Waals surface area contributed by atoms with Crippen LogP contribution in [0.15, 0.2) is 40.9 Å². The molecule has 0 saturated carbocycles. The van der Waals surface area contributed by atoms with Gasteiger partial charge in [-0.3, -0.25) is 4.79 Å². The Bertz CT molecular complexity index is 888. The summed E-state index contributed by atoms with van der Waals surface area (Å²) in [5.41, 5.74) is 2.72. The van der Waals surface area contributed by atoms with Crippen LogP contribution < -0.4 is 9.47 Å². The third-order valence-electron chi connectivity index (χ3n) is 4.35. The lowest BCUT2D eigenvalue weighted by Crippen LogP contribution is -2.35. The smallest absolute Gasteiger partial charge is 0.205 e. The number of halogens is 1. The van der Waals surface area contributed by atoms with Crippen molar-refractivity contribution in [3.8, 4) is 11.5 Å². The van der Waals surface area contributed by atoms with Crippen molar-refractivity contribution in [3.05, 3.63) is 57.6 Å². The molecule has 0 spiro atoms. The van der Waals surface area contributed by atoms with Crippen LogP contribution in [0.5, 0.6) is 11.5 Å². The van der Waals surface area contributed by atoms with Gasteiger partial charge in [0.25, 0.3) is 0 Å². The van der Waals surface area contributed by atoms with E-state index in [2.05, 4.69) is 15.9 Å². The molecule has 0 aliphatic carbocycles. The Balaban J connectivity index is 0.000000162. The Kier molecular flexibility index (Phi) is 5.84. The van der Waals surface area contributed by atoms with Crippen molar-refractivity contribution in [3.63, 3.8) is 0 Å². The summed E-state index contributed by atoms with van der Waals surface area (Å²) >= 11 is 3.41. The molecule has 0 unspecified atom stereocenters. The number of Topliss-reactive ketones (excluding diaryl/α,β-unsaturated/α-hetero) is 1. The van der Waals surface area contributed by atoms with Crippen molar-refractivity contribution in [2.75, 3.05) is 0 Å². The van der Waals surface area contributed by atoms with Crippen LogP contribution in [0.25, 0.3) is 0 Å². The molecule has 6 heteroatoms. The molecule has 0 fully saturated rings. The predicted molar refractivity (Wildman–Crippen MR) is 110 cm³/mol. The van der Waals surface area contributed by atoms with Crippen molar-refractivity contribution in [1.29, 1.82) is 0 Å². The third kappa shape index (κ3) is 5.13. The lowest BCUT2D eigenvalue weighted by Gasteiger charge is -2.32. The average Bonchev–Trinajstić information content (AvgIpc) is 2.61. The van der Waals surface area contributed by atoms with Crippen LogP contribution >= 0.6 is 15.9 Å². The molecule has 0 N–H and O–H groups in total. The molecule has 2 heterocycles. The molecule has 2 aliphatic heterocycles. The molecule has 28 heavy (non-hydrogen) atoms. The summed E-state index contributed by atoms with van der Waals surface area (Å²) in [4.78, 5) is 11.2. The second kappa shape index (κ2) is 7.85. The zero-order chi connectivity index (χ0) is 20.5. The number of hydrogen-bond acceptors (Lipinski definition) is 5. The van der Waals surface area contributed by atoms with E-state index >= 15 is 0 Å². The summed E-state index contributed by atoms with van der Waals surface area (Å²) in [6.45, 7) is 10.2. The van der Waals surface area contributed by atoms with Crippen LogP contribution in [-0.2, 0) is 22.7 Å². The highest BCUT2D eigenvalue weighted by Crippen LogP contribution is 2.33. The fourth-order valence-electron chi connectivity index (χ4n) is 2.86. The summed E-state index contributed by atoms with van der Waals surface area (Å²) in [5.74, 6) is 0.698. The number of carbonyl (C=O) groups is 1. The second-order valence-corrected chi connectivity index (χ2v) is 8.63. The van der Waals surface area contributed by atoms with Gasteiger partial charge in [-0.05, 0) is 43.3 Å². The van der Waals surface area contributed by atoms with Crippen LogP contribution in [0.4, 0.5) is 0 Å². The topological polar surface area (TPSA) is 54.0 Å². The van der Waals surface area contributed by atoms with E-state index in [0.29, 0.717) is 18.8 Å². The van der Waals surface area contributed by atoms with Gasteiger partial charge >= 0.3 is 0 Å². The minimum atomic E-state index is -0.579. The highest BCUT2D eigenvalue weighted by Gasteiger charge is 2.28. The summed E-state index contributed by atoms with van der Waals surface area (Å²) in [7, 11) is 0. The SMILES string of the molecule is CC(=O)c1ccc2c(c1)COC(C)(C)O2.CC1(C)OCc2cc(Br)ccc2O1. The average molecular weight is 449 g/mol. The van der Waals surface area contributed by atoms with Crippen molar-refractivity contribution in [2.24, 2.45) is 0 Å². The van der Waals surface area contributed by atoms with Gasteiger partial charge in [0, 0.05) is 48.9 Å². The molecule has 0 radical (unpaired) electrons. The quantitative estimate of drug-likeness (QED) is 0.529. The van der Waals surface area contributed by atoms with E-state index in [9.17, 15) is 4.79 Å². The van der Waals surface area contributed by atoms with E-state index < -0.39 is 11.6 Å². The zero-order valence-electron chi connectivity index (χ0n) is 16.8. The zero-order valence-corrected chi connectivity index (χ0v) is 18.4. The molecular weight excluding hydrogens is 424 g/mol. The number of ketones is 1.